The van der Waals surface area contributed by atoms with Gasteiger partial charge in [-0.1, -0.05) is 17.7 Å². The number of benzene rings is 2. The highest BCUT2D eigenvalue weighted by Gasteiger charge is 2.12. The first kappa shape index (κ1) is 14.0. The summed E-state index contributed by atoms with van der Waals surface area (Å²) in [6.07, 6.45) is 0. The van der Waals surface area contributed by atoms with Gasteiger partial charge in [-0.25, -0.2) is 8.78 Å². The monoisotopic (exact) mass is 281 g/mol. The fourth-order valence-electron chi connectivity index (χ4n) is 2.01. The maximum atomic E-state index is 13.4. The lowest BCUT2D eigenvalue weighted by atomic mass is 9.97. The Morgan fingerprint density at radius 3 is 2.53 bits per heavy atom. The molecule has 0 radical (unpaired) electrons. The second kappa shape index (κ2) is 5.68. The van der Waals surface area contributed by atoms with E-state index in [9.17, 15) is 8.78 Å². The van der Waals surface area contributed by atoms with Gasteiger partial charge in [0.15, 0.2) is 0 Å². The Kier molecular flexibility index (Phi) is 4.17. The molecule has 1 nitrogen and oxygen atoms in total. The molecule has 0 unspecified atom stereocenters. The van der Waals surface area contributed by atoms with Gasteiger partial charge in [0.25, 0.3) is 0 Å². The van der Waals surface area contributed by atoms with Crippen molar-refractivity contribution in [1.82, 2.24) is 5.32 Å². The highest BCUT2D eigenvalue weighted by Crippen LogP contribution is 2.33. The molecule has 1 N–H and O–H groups in total. The van der Waals surface area contributed by atoms with Crippen LogP contribution >= 0.6 is 11.6 Å². The van der Waals surface area contributed by atoms with E-state index in [1.165, 1.54) is 18.2 Å². The molecule has 0 heterocycles. The van der Waals surface area contributed by atoms with Gasteiger partial charge in [0.2, 0.25) is 0 Å². The van der Waals surface area contributed by atoms with Crippen molar-refractivity contribution in [2.24, 2.45) is 0 Å². The third-order valence-corrected chi connectivity index (χ3v) is 3.29. The minimum absolute atomic E-state index is 0.283. The predicted molar refractivity (Wildman–Crippen MR) is 74.3 cm³/mol. The number of nitrogens with one attached hydrogen (secondary N) is 1. The van der Waals surface area contributed by atoms with Crippen molar-refractivity contribution in [3.05, 3.63) is 58.1 Å². The van der Waals surface area contributed by atoms with Gasteiger partial charge in [0, 0.05) is 12.1 Å². The van der Waals surface area contributed by atoms with E-state index >= 15 is 0 Å². The van der Waals surface area contributed by atoms with Crippen molar-refractivity contribution in [2.45, 2.75) is 13.5 Å². The molecule has 0 saturated heterocycles. The fraction of sp³-hybridized carbons (Fsp3) is 0.200. The topological polar surface area (TPSA) is 12.0 Å². The van der Waals surface area contributed by atoms with Gasteiger partial charge in [-0.15, -0.1) is 0 Å². The summed E-state index contributed by atoms with van der Waals surface area (Å²) in [5.41, 5.74) is 2.73. The van der Waals surface area contributed by atoms with Crippen LogP contribution in [0.4, 0.5) is 8.78 Å². The summed E-state index contributed by atoms with van der Waals surface area (Å²) in [4.78, 5) is 0. The van der Waals surface area contributed by atoms with Gasteiger partial charge in [-0.3, -0.25) is 0 Å². The fourth-order valence-corrected chi connectivity index (χ4v) is 2.26. The molecular weight excluding hydrogens is 268 g/mol. The molecule has 0 aromatic heterocycles. The van der Waals surface area contributed by atoms with Crippen LogP contribution in [-0.4, -0.2) is 7.05 Å². The van der Waals surface area contributed by atoms with Gasteiger partial charge >= 0.3 is 0 Å². The zero-order valence-electron chi connectivity index (χ0n) is 10.7. The van der Waals surface area contributed by atoms with Crippen LogP contribution in [0.15, 0.2) is 30.3 Å². The summed E-state index contributed by atoms with van der Waals surface area (Å²) in [6, 6.07) is 7.44. The van der Waals surface area contributed by atoms with Crippen molar-refractivity contribution >= 4 is 11.6 Å². The zero-order valence-corrected chi connectivity index (χ0v) is 11.5. The van der Waals surface area contributed by atoms with Gasteiger partial charge in [0.05, 0.1) is 5.02 Å². The van der Waals surface area contributed by atoms with Gasteiger partial charge < -0.3 is 5.32 Å². The molecule has 0 atom stereocenters. The normalized spacial score (nSPS) is 10.8. The van der Waals surface area contributed by atoms with Crippen molar-refractivity contribution in [2.75, 3.05) is 7.05 Å². The Morgan fingerprint density at radius 2 is 1.84 bits per heavy atom. The van der Waals surface area contributed by atoms with Crippen LogP contribution in [0, 0.1) is 18.6 Å². The predicted octanol–water partition coefficient (Wildman–Crippen LogP) is 4.31. The van der Waals surface area contributed by atoms with Crippen LogP contribution in [0.25, 0.3) is 11.1 Å². The molecule has 2 rings (SSSR count). The third-order valence-electron chi connectivity index (χ3n) is 2.98. The third kappa shape index (κ3) is 2.94. The number of halogens is 3. The molecule has 0 aliphatic carbocycles. The smallest absolute Gasteiger partial charge is 0.127 e. The molecule has 0 spiro atoms. The standard InChI is InChI=1S/C15H14ClF2N/c1-9-5-13(14(16)7-15(9)18)12-6-11(17)4-3-10(12)8-19-2/h3-7,19H,8H2,1-2H3. The van der Waals surface area contributed by atoms with Crippen molar-refractivity contribution in [3.63, 3.8) is 0 Å². The Balaban J connectivity index is 2.63. The SMILES string of the molecule is CNCc1ccc(F)cc1-c1cc(C)c(F)cc1Cl. The lowest BCUT2D eigenvalue weighted by Gasteiger charge is -2.12. The van der Waals surface area contributed by atoms with E-state index in [0.717, 1.165) is 5.56 Å². The Labute approximate surface area is 116 Å². The second-order valence-corrected chi connectivity index (χ2v) is 4.82. The molecule has 0 fully saturated rings. The lowest BCUT2D eigenvalue weighted by Crippen LogP contribution is -2.06. The van der Waals surface area contributed by atoms with Crippen molar-refractivity contribution in [3.8, 4) is 11.1 Å². The summed E-state index contributed by atoms with van der Waals surface area (Å²) in [5.74, 6) is -0.701. The molecular formula is C15H14ClF2N. The maximum Gasteiger partial charge on any atom is 0.127 e. The van der Waals surface area contributed by atoms with Crippen LogP contribution < -0.4 is 5.32 Å². The summed E-state index contributed by atoms with van der Waals surface area (Å²) in [5, 5.41) is 3.30. The highest BCUT2D eigenvalue weighted by atomic mass is 35.5. The number of aryl methyl sites for hydroxylation is 1. The van der Waals surface area contributed by atoms with E-state index < -0.39 is 0 Å². The zero-order chi connectivity index (χ0) is 14.0. The summed E-state index contributed by atoms with van der Waals surface area (Å²) >= 11 is 6.08. The van der Waals surface area contributed by atoms with E-state index in [4.69, 9.17) is 11.6 Å². The molecule has 19 heavy (non-hydrogen) atoms. The molecule has 0 bridgehead atoms. The second-order valence-electron chi connectivity index (χ2n) is 4.41. The van der Waals surface area contributed by atoms with Crippen molar-refractivity contribution in [1.29, 1.82) is 0 Å². The molecule has 2 aromatic carbocycles. The summed E-state index contributed by atoms with van der Waals surface area (Å²) in [7, 11) is 1.81. The van der Waals surface area contributed by atoms with E-state index in [1.54, 1.807) is 19.1 Å². The first-order valence-electron chi connectivity index (χ1n) is 5.92. The van der Waals surface area contributed by atoms with Crippen molar-refractivity contribution < 1.29 is 8.78 Å². The lowest BCUT2D eigenvalue weighted by molar-refractivity contribution is 0.618. The van der Waals surface area contributed by atoms with Gasteiger partial charge in [0.1, 0.15) is 11.6 Å². The summed E-state index contributed by atoms with van der Waals surface area (Å²) < 4.78 is 26.9. The van der Waals surface area contributed by atoms with E-state index in [0.29, 0.717) is 23.2 Å². The van der Waals surface area contributed by atoms with Crippen LogP contribution in [0.1, 0.15) is 11.1 Å². The Hall–Kier alpha value is -1.45. The maximum absolute atomic E-state index is 13.4. The number of rotatable bonds is 3. The van der Waals surface area contributed by atoms with E-state index in [-0.39, 0.29) is 16.7 Å². The average Bonchev–Trinajstić information content (AvgIpc) is 2.36. The molecule has 2 aromatic rings. The first-order chi connectivity index (χ1) is 9.02. The van der Waals surface area contributed by atoms with Crippen LogP contribution in [0.3, 0.4) is 0 Å². The summed E-state index contributed by atoms with van der Waals surface area (Å²) in [6.45, 7) is 2.24. The first-order valence-corrected chi connectivity index (χ1v) is 6.29. The quantitative estimate of drug-likeness (QED) is 0.884. The van der Waals surface area contributed by atoms with Gasteiger partial charge in [-0.05, 0) is 54.9 Å². The molecule has 4 heteroatoms. The number of hydrogen-bond acceptors (Lipinski definition) is 1. The molecule has 0 aliphatic rings. The van der Waals surface area contributed by atoms with E-state index in [2.05, 4.69) is 5.32 Å². The molecule has 0 saturated carbocycles. The average molecular weight is 282 g/mol. The minimum Gasteiger partial charge on any atom is -0.316 e. The largest absolute Gasteiger partial charge is 0.316 e. The van der Waals surface area contributed by atoms with Gasteiger partial charge in [-0.2, -0.15) is 0 Å². The molecule has 0 aliphatic heterocycles. The molecule has 100 valence electrons. The molecule has 0 amide bonds. The number of hydrogen-bond donors (Lipinski definition) is 1. The van der Waals surface area contributed by atoms with Crippen LogP contribution in [0.5, 0.6) is 0 Å². The Bertz CT molecular complexity index is 611. The van der Waals surface area contributed by atoms with Crippen LogP contribution in [0.2, 0.25) is 5.02 Å². The van der Waals surface area contributed by atoms with Crippen LogP contribution in [-0.2, 0) is 6.54 Å². The van der Waals surface area contributed by atoms with E-state index in [1.807, 2.05) is 7.05 Å². The Morgan fingerprint density at radius 1 is 1.11 bits per heavy atom. The highest BCUT2D eigenvalue weighted by molar-refractivity contribution is 6.33. The minimum atomic E-state index is -0.361.